The molecule has 1 N–H and O–H groups in total. The maximum Gasteiger partial charge on any atom is 0.260 e. The van der Waals surface area contributed by atoms with Crippen LogP contribution >= 0.6 is 23.1 Å². The van der Waals surface area contributed by atoms with Crippen molar-refractivity contribution < 1.29 is 0 Å². The van der Waals surface area contributed by atoms with Crippen LogP contribution in [0.15, 0.2) is 64.8 Å². The molecule has 0 amide bonds. The Morgan fingerprint density at radius 1 is 1.06 bits per heavy atom. The molecule has 8 heteroatoms. The van der Waals surface area contributed by atoms with E-state index in [0.29, 0.717) is 17.0 Å². The van der Waals surface area contributed by atoms with E-state index in [1.54, 1.807) is 17.7 Å². The van der Waals surface area contributed by atoms with Crippen molar-refractivity contribution in [3.05, 3.63) is 87.0 Å². The van der Waals surface area contributed by atoms with Crippen molar-refractivity contribution in [3.8, 4) is 16.8 Å². The predicted octanol–water partition coefficient (Wildman–Crippen LogP) is 5.45. The SMILES string of the molecule is Cc1ccc(-c2c(C)sc3nc(CSc4nncn4-c4ccccc4C)[nH]c(=O)c23)cc1. The van der Waals surface area contributed by atoms with E-state index in [2.05, 4.69) is 59.4 Å². The number of nitrogens with one attached hydrogen (secondary N) is 1. The summed E-state index contributed by atoms with van der Waals surface area (Å²) in [5, 5.41) is 9.75. The average Bonchev–Trinajstić information content (AvgIpc) is 3.37. The van der Waals surface area contributed by atoms with E-state index in [9.17, 15) is 4.79 Å². The van der Waals surface area contributed by atoms with E-state index < -0.39 is 0 Å². The summed E-state index contributed by atoms with van der Waals surface area (Å²) in [6, 6.07) is 16.3. The minimum atomic E-state index is -0.106. The molecule has 0 saturated carbocycles. The highest BCUT2D eigenvalue weighted by molar-refractivity contribution is 7.98. The highest BCUT2D eigenvalue weighted by Crippen LogP contribution is 2.36. The minimum absolute atomic E-state index is 0.106. The van der Waals surface area contributed by atoms with E-state index in [4.69, 9.17) is 4.98 Å². The number of thiophene rings is 1. The first kappa shape index (κ1) is 20.7. The molecule has 0 atom stereocenters. The van der Waals surface area contributed by atoms with E-state index in [1.165, 1.54) is 17.3 Å². The zero-order valence-electron chi connectivity index (χ0n) is 17.9. The van der Waals surface area contributed by atoms with Gasteiger partial charge < -0.3 is 4.98 Å². The van der Waals surface area contributed by atoms with Gasteiger partial charge in [-0.25, -0.2) is 4.98 Å². The monoisotopic (exact) mass is 459 g/mol. The van der Waals surface area contributed by atoms with Crippen LogP contribution in [0, 0.1) is 20.8 Å². The third-order valence-corrected chi connectivity index (χ3v) is 7.31. The molecule has 0 fully saturated rings. The normalized spacial score (nSPS) is 11.3. The predicted molar refractivity (Wildman–Crippen MR) is 131 cm³/mol. The molecule has 5 aromatic rings. The van der Waals surface area contributed by atoms with Crippen molar-refractivity contribution in [1.82, 2.24) is 24.7 Å². The van der Waals surface area contributed by atoms with E-state index in [0.717, 1.165) is 37.2 Å². The van der Waals surface area contributed by atoms with Crippen LogP contribution in [-0.2, 0) is 5.75 Å². The fourth-order valence-corrected chi connectivity index (χ4v) is 5.61. The smallest absolute Gasteiger partial charge is 0.260 e. The van der Waals surface area contributed by atoms with Gasteiger partial charge in [0.1, 0.15) is 17.0 Å². The van der Waals surface area contributed by atoms with Crippen LogP contribution in [0.2, 0.25) is 0 Å². The summed E-state index contributed by atoms with van der Waals surface area (Å²) in [6.45, 7) is 6.15. The molecule has 0 aliphatic heterocycles. The standard InChI is InChI=1S/C24H21N5OS2/c1-14-8-10-17(11-9-14)20-16(3)32-23-21(20)22(30)26-19(27-23)12-31-24-28-25-13-29(24)18-7-5-4-6-15(18)2/h4-11,13H,12H2,1-3H3,(H,26,27,30). The van der Waals surface area contributed by atoms with Crippen LogP contribution in [0.4, 0.5) is 0 Å². The first-order chi connectivity index (χ1) is 15.5. The number of para-hydroxylation sites is 1. The molecule has 0 unspecified atom stereocenters. The number of rotatable bonds is 5. The van der Waals surface area contributed by atoms with Crippen LogP contribution in [-0.4, -0.2) is 24.7 Å². The molecule has 0 aliphatic carbocycles. The first-order valence-electron chi connectivity index (χ1n) is 10.2. The van der Waals surface area contributed by atoms with Crippen molar-refractivity contribution in [2.75, 3.05) is 0 Å². The van der Waals surface area contributed by atoms with Crippen molar-refractivity contribution >= 4 is 33.3 Å². The molecule has 160 valence electrons. The molecule has 0 spiro atoms. The number of aromatic amines is 1. The largest absolute Gasteiger partial charge is 0.309 e. The van der Waals surface area contributed by atoms with Gasteiger partial charge in [0.2, 0.25) is 0 Å². The Kier molecular flexibility index (Phi) is 5.40. The summed E-state index contributed by atoms with van der Waals surface area (Å²) in [6.07, 6.45) is 1.71. The van der Waals surface area contributed by atoms with Gasteiger partial charge in [-0.1, -0.05) is 59.8 Å². The molecule has 3 heterocycles. The molecule has 3 aromatic heterocycles. The molecule has 0 saturated heterocycles. The van der Waals surface area contributed by atoms with Gasteiger partial charge in [0.05, 0.1) is 16.8 Å². The van der Waals surface area contributed by atoms with Crippen molar-refractivity contribution in [2.24, 2.45) is 0 Å². The highest BCUT2D eigenvalue weighted by Gasteiger charge is 2.17. The molecular weight excluding hydrogens is 438 g/mol. The maximum atomic E-state index is 13.0. The van der Waals surface area contributed by atoms with Gasteiger partial charge in [0, 0.05) is 10.4 Å². The van der Waals surface area contributed by atoms with Gasteiger partial charge in [-0.2, -0.15) is 0 Å². The lowest BCUT2D eigenvalue weighted by Crippen LogP contribution is -2.11. The number of benzene rings is 2. The second kappa shape index (κ2) is 8.37. The molecule has 5 rings (SSSR count). The number of hydrogen-bond acceptors (Lipinski definition) is 6. The van der Waals surface area contributed by atoms with Gasteiger partial charge in [-0.05, 0) is 38.0 Å². The number of fused-ring (bicyclic) bond motifs is 1. The number of nitrogens with zero attached hydrogens (tertiary/aromatic N) is 4. The fourth-order valence-electron chi connectivity index (χ4n) is 3.75. The fraction of sp³-hybridized carbons (Fsp3) is 0.167. The Morgan fingerprint density at radius 3 is 2.62 bits per heavy atom. The maximum absolute atomic E-state index is 13.0. The minimum Gasteiger partial charge on any atom is -0.309 e. The number of aryl methyl sites for hydroxylation is 3. The third-order valence-electron chi connectivity index (χ3n) is 5.36. The summed E-state index contributed by atoms with van der Waals surface area (Å²) in [4.78, 5) is 22.6. The van der Waals surface area contributed by atoms with Crippen LogP contribution in [0.5, 0.6) is 0 Å². The topological polar surface area (TPSA) is 76.5 Å². The summed E-state index contributed by atoms with van der Waals surface area (Å²) >= 11 is 3.06. The Labute approximate surface area is 193 Å². The summed E-state index contributed by atoms with van der Waals surface area (Å²) < 4.78 is 1.96. The molecule has 32 heavy (non-hydrogen) atoms. The van der Waals surface area contributed by atoms with E-state index >= 15 is 0 Å². The summed E-state index contributed by atoms with van der Waals surface area (Å²) in [5.74, 6) is 1.12. The van der Waals surface area contributed by atoms with Gasteiger partial charge in [-0.15, -0.1) is 21.5 Å². The first-order valence-corrected chi connectivity index (χ1v) is 12.0. The lowest BCUT2D eigenvalue weighted by molar-refractivity contribution is 0.875. The number of H-pyrrole nitrogens is 1. The van der Waals surface area contributed by atoms with Crippen molar-refractivity contribution in [3.63, 3.8) is 0 Å². The van der Waals surface area contributed by atoms with E-state index in [-0.39, 0.29) is 5.56 Å². The molecule has 2 aromatic carbocycles. The van der Waals surface area contributed by atoms with Crippen LogP contribution in [0.3, 0.4) is 0 Å². The lowest BCUT2D eigenvalue weighted by atomic mass is 10.0. The van der Waals surface area contributed by atoms with Gasteiger partial charge in [0.25, 0.3) is 5.56 Å². The van der Waals surface area contributed by atoms with Crippen LogP contribution in [0.1, 0.15) is 21.8 Å². The molecule has 0 aliphatic rings. The Morgan fingerprint density at radius 2 is 1.84 bits per heavy atom. The Hall–Kier alpha value is -3.23. The number of aromatic nitrogens is 5. The summed E-state index contributed by atoms with van der Waals surface area (Å²) in [7, 11) is 0. The Bertz CT molecular complexity index is 1480. The van der Waals surface area contributed by atoms with Gasteiger partial charge in [-0.3, -0.25) is 9.36 Å². The molecule has 0 bridgehead atoms. The molecule has 6 nitrogen and oxygen atoms in total. The van der Waals surface area contributed by atoms with Crippen molar-refractivity contribution in [2.45, 2.75) is 31.7 Å². The van der Waals surface area contributed by atoms with E-state index in [1.807, 2.05) is 29.7 Å². The van der Waals surface area contributed by atoms with Gasteiger partial charge >= 0.3 is 0 Å². The zero-order valence-corrected chi connectivity index (χ0v) is 19.5. The quantitative estimate of drug-likeness (QED) is 0.354. The average molecular weight is 460 g/mol. The lowest BCUT2D eigenvalue weighted by Gasteiger charge is -2.09. The third kappa shape index (κ3) is 3.76. The summed E-state index contributed by atoms with van der Waals surface area (Å²) in [5.41, 5.74) is 5.27. The number of thioether (sulfide) groups is 1. The molecular formula is C24H21N5OS2. The van der Waals surface area contributed by atoms with Crippen LogP contribution in [0.25, 0.3) is 27.0 Å². The number of hydrogen-bond donors (Lipinski definition) is 1. The van der Waals surface area contributed by atoms with Crippen molar-refractivity contribution in [1.29, 1.82) is 0 Å². The second-order valence-electron chi connectivity index (χ2n) is 7.65. The molecule has 0 radical (unpaired) electrons. The Balaban J connectivity index is 1.46. The van der Waals surface area contributed by atoms with Gasteiger partial charge in [0.15, 0.2) is 5.16 Å². The zero-order chi connectivity index (χ0) is 22.2. The second-order valence-corrected chi connectivity index (χ2v) is 9.80. The highest BCUT2D eigenvalue weighted by atomic mass is 32.2. The van der Waals surface area contributed by atoms with Crippen LogP contribution < -0.4 is 5.56 Å².